The zero-order valence-electron chi connectivity index (χ0n) is 11.1. The summed E-state index contributed by atoms with van der Waals surface area (Å²) < 4.78 is 5.37. The second kappa shape index (κ2) is 5.87. The predicted octanol–water partition coefficient (Wildman–Crippen LogP) is 2.16. The van der Waals surface area contributed by atoms with Crippen LogP contribution in [0.4, 0.5) is 0 Å². The first-order valence-electron chi connectivity index (χ1n) is 6.11. The first-order chi connectivity index (χ1) is 8.40. The zero-order chi connectivity index (χ0) is 13.8. The monoisotopic (exact) mass is 251 g/mol. The highest BCUT2D eigenvalue weighted by molar-refractivity contribution is 5.69. The summed E-state index contributed by atoms with van der Waals surface area (Å²) in [6.45, 7) is 6.24. The minimum absolute atomic E-state index is 0.0125. The molecule has 0 aliphatic heterocycles. The number of hydrogen-bond donors (Lipinski definition) is 2. The van der Waals surface area contributed by atoms with Gasteiger partial charge in [0, 0.05) is 11.5 Å². The first kappa shape index (κ1) is 14.5. The van der Waals surface area contributed by atoms with Gasteiger partial charge in [0.2, 0.25) is 0 Å². The van der Waals surface area contributed by atoms with Gasteiger partial charge in [-0.05, 0) is 31.5 Å². The Kier molecular flexibility index (Phi) is 4.73. The normalized spacial score (nSPS) is 15.8. The highest BCUT2D eigenvalue weighted by Crippen LogP contribution is 2.31. The molecule has 0 bridgehead atoms. The third-order valence-electron chi connectivity index (χ3n) is 3.35. The molecule has 4 nitrogen and oxygen atoms in total. The number of carboxylic acids is 1. The summed E-state index contributed by atoms with van der Waals surface area (Å²) in [5, 5.41) is 9.02. The molecule has 0 aliphatic rings. The lowest BCUT2D eigenvalue weighted by Gasteiger charge is -2.32. The van der Waals surface area contributed by atoms with E-state index in [4.69, 9.17) is 15.6 Å². The number of aliphatic carboxylic acids is 1. The Labute approximate surface area is 108 Å². The smallest absolute Gasteiger partial charge is 0.304 e. The molecular formula is C14H21NO3. The van der Waals surface area contributed by atoms with Gasteiger partial charge < -0.3 is 15.6 Å². The third kappa shape index (κ3) is 3.23. The van der Waals surface area contributed by atoms with Crippen molar-refractivity contribution in [3.05, 3.63) is 29.8 Å². The van der Waals surface area contributed by atoms with Crippen LogP contribution in [0.1, 0.15) is 32.8 Å². The molecule has 0 amide bonds. The molecule has 1 aromatic rings. The van der Waals surface area contributed by atoms with Crippen LogP contribution in [0.25, 0.3) is 0 Å². The van der Waals surface area contributed by atoms with E-state index in [0.717, 1.165) is 11.3 Å². The maximum atomic E-state index is 11.0. The number of carbonyl (C=O) groups is 1. The average Bonchev–Trinajstić information content (AvgIpc) is 2.29. The summed E-state index contributed by atoms with van der Waals surface area (Å²) in [7, 11) is 0. The van der Waals surface area contributed by atoms with E-state index in [1.54, 1.807) is 0 Å². The molecule has 1 rings (SSSR count). The number of carboxylic acid groups (broad SMARTS) is 1. The fourth-order valence-electron chi connectivity index (χ4n) is 1.94. The van der Waals surface area contributed by atoms with Crippen molar-refractivity contribution in [2.24, 2.45) is 5.73 Å². The molecule has 3 N–H and O–H groups in total. The largest absolute Gasteiger partial charge is 0.494 e. The summed E-state index contributed by atoms with van der Waals surface area (Å²) in [5.41, 5.74) is 6.30. The summed E-state index contributed by atoms with van der Waals surface area (Å²) in [6, 6.07) is 7.23. The lowest BCUT2D eigenvalue weighted by Crippen LogP contribution is -2.42. The second-order valence-corrected chi connectivity index (χ2v) is 4.73. The lowest BCUT2D eigenvalue weighted by atomic mass is 9.74. The van der Waals surface area contributed by atoms with E-state index in [9.17, 15) is 4.79 Å². The van der Waals surface area contributed by atoms with E-state index in [1.807, 2.05) is 45.0 Å². The highest BCUT2D eigenvalue weighted by atomic mass is 16.5. The minimum Gasteiger partial charge on any atom is -0.494 e. The molecule has 4 heteroatoms. The van der Waals surface area contributed by atoms with Crippen LogP contribution in [0, 0.1) is 0 Å². The van der Waals surface area contributed by atoms with Crippen molar-refractivity contribution in [3.8, 4) is 5.75 Å². The standard InChI is InChI=1S/C14H21NO3/c1-4-18-12-7-5-11(6-8-12)14(3,10(2)15)9-13(16)17/h5-8,10H,4,9,15H2,1-3H3,(H,16,17). The van der Waals surface area contributed by atoms with Crippen molar-refractivity contribution in [1.29, 1.82) is 0 Å². The van der Waals surface area contributed by atoms with Crippen LogP contribution < -0.4 is 10.5 Å². The molecule has 0 aliphatic carbocycles. The quantitative estimate of drug-likeness (QED) is 0.812. The van der Waals surface area contributed by atoms with Gasteiger partial charge in [-0.3, -0.25) is 4.79 Å². The number of nitrogens with two attached hydrogens (primary N) is 1. The van der Waals surface area contributed by atoms with Crippen molar-refractivity contribution in [1.82, 2.24) is 0 Å². The third-order valence-corrected chi connectivity index (χ3v) is 3.35. The molecule has 0 saturated heterocycles. The Balaban J connectivity index is 3.02. The topological polar surface area (TPSA) is 72.5 Å². The van der Waals surface area contributed by atoms with Crippen LogP contribution in [0.2, 0.25) is 0 Å². The summed E-state index contributed by atoms with van der Waals surface area (Å²) in [6.07, 6.45) is 0.0125. The maximum absolute atomic E-state index is 11.0. The molecule has 0 spiro atoms. The first-order valence-corrected chi connectivity index (χ1v) is 6.11. The van der Waals surface area contributed by atoms with Gasteiger partial charge in [-0.1, -0.05) is 19.1 Å². The van der Waals surface area contributed by atoms with Crippen LogP contribution in [-0.4, -0.2) is 23.7 Å². The van der Waals surface area contributed by atoms with Crippen LogP contribution in [-0.2, 0) is 10.2 Å². The number of hydrogen-bond acceptors (Lipinski definition) is 3. The van der Waals surface area contributed by atoms with Gasteiger partial charge in [-0.25, -0.2) is 0 Å². The van der Waals surface area contributed by atoms with E-state index in [1.165, 1.54) is 0 Å². The fraction of sp³-hybridized carbons (Fsp3) is 0.500. The van der Waals surface area contributed by atoms with E-state index < -0.39 is 11.4 Å². The minimum atomic E-state index is -0.844. The molecule has 2 atom stereocenters. The summed E-state index contributed by atoms with van der Waals surface area (Å²) >= 11 is 0. The molecule has 2 unspecified atom stereocenters. The van der Waals surface area contributed by atoms with Gasteiger partial charge in [-0.2, -0.15) is 0 Å². The highest BCUT2D eigenvalue weighted by Gasteiger charge is 2.33. The SMILES string of the molecule is CCOc1ccc(C(C)(CC(=O)O)C(C)N)cc1. The molecule has 0 saturated carbocycles. The Morgan fingerprint density at radius 3 is 2.39 bits per heavy atom. The van der Waals surface area contributed by atoms with E-state index in [2.05, 4.69) is 0 Å². The average molecular weight is 251 g/mol. The van der Waals surface area contributed by atoms with Crippen molar-refractivity contribution in [3.63, 3.8) is 0 Å². The Morgan fingerprint density at radius 2 is 2.00 bits per heavy atom. The van der Waals surface area contributed by atoms with Crippen molar-refractivity contribution < 1.29 is 14.6 Å². The zero-order valence-corrected chi connectivity index (χ0v) is 11.1. The van der Waals surface area contributed by atoms with Crippen LogP contribution in [0.15, 0.2) is 24.3 Å². The Morgan fingerprint density at radius 1 is 1.44 bits per heavy atom. The van der Waals surface area contributed by atoms with E-state index in [0.29, 0.717) is 6.61 Å². The van der Waals surface area contributed by atoms with Crippen molar-refractivity contribution >= 4 is 5.97 Å². The van der Waals surface area contributed by atoms with Gasteiger partial charge >= 0.3 is 5.97 Å². The molecular weight excluding hydrogens is 230 g/mol. The number of rotatable bonds is 6. The van der Waals surface area contributed by atoms with Crippen molar-refractivity contribution in [2.45, 2.75) is 38.6 Å². The van der Waals surface area contributed by atoms with Gasteiger partial charge in [0.1, 0.15) is 5.75 Å². The molecule has 0 radical (unpaired) electrons. The fourth-order valence-corrected chi connectivity index (χ4v) is 1.94. The van der Waals surface area contributed by atoms with Crippen molar-refractivity contribution in [2.75, 3.05) is 6.61 Å². The van der Waals surface area contributed by atoms with E-state index in [-0.39, 0.29) is 12.5 Å². The maximum Gasteiger partial charge on any atom is 0.304 e. The lowest BCUT2D eigenvalue weighted by molar-refractivity contribution is -0.138. The molecule has 1 aromatic carbocycles. The van der Waals surface area contributed by atoms with Gasteiger partial charge in [-0.15, -0.1) is 0 Å². The second-order valence-electron chi connectivity index (χ2n) is 4.73. The van der Waals surface area contributed by atoms with Gasteiger partial charge in [0.15, 0.2) is 0 Å². The molecule has 0 heterocycles. The predicted molar refractivity (Wildman–Crippen MR) is 70.9 cm³/mol. The summed E-state index contributed by atoms with van der Waals surface area (Å²) in [4.78, 5) is 11.0. The Hall–Kier alpha value is -1.55. The summed E-state index contributed by atoms with van der Waals surface area (Å²) in [5.74, 6) is -0.0627. The van der Waals surface area contributed by atoms with Crippen LogP contribution in [0.3, 0.4) is 0 Å². The van der Waals surface area contributed by atoms with Gasteiger partial charge in [0.05, 0.1) is 13.0 Å². The molecule has 0 fully saturated rings. The molecule has 100 valence electrons. The van der Waals surface area contributed by atoms with E-state index >= 15 is 0 Å². The van der Waals surface area contributed by atoms with Gasteiger partial charge in [0.25, 0.3) is 0 Å². The molecule has 0 aromatic heterocycles. The van der Waals surface area contributed by atoms with Crippen LogP contribution >= 0.6 is 0 Å². The number of ether oxygens (including phenoxy) is 1. The van der Waals surface area contributed by atoms with Crippen LogP contribution in [0.5, 0.6) is 5.75 Å². The number of benzene rings is 1. The molecule has 18 heavy (non-hydrogen) atoms. The Bertz CT molecular complexity index is 400.